The van der Waals surface area contributed by atoms with Crippen molar-refractivity contribution in [3.63, 3.8) is 0 Å². The van der Waals surface area contributed by atoms with Crippen molar-refractivity contribution in [3.8, 4) is 0 Å². The first-order chi connectivity index (χ1) is 8.59. The van der Waals surface area contributed by atoms with Crippen LogP contribution in [0.2, 0.25) is 0 Å². The molecule has 0 aliphatic carbocycles. The Morgan fingerprint density at radius 1 is 1.50 bits per heavy atom. The van der Waals surface area contributed by atoms with Gasteiger partial charge in [-0.2, -0.15) is 0 Å². The summed E-state index contributed by atoms with van der Waals surface area (Å²) < 4.78 is 0. The van der Waals surface area contributed by atoms with Crippen LogP contribution in [-0.2, 0) is 4.79 Å². The number of carbonyl (C=O) groups is 1. The number of hydrogen-bond acceptors (Lipinski definition) is 3. The first kappa shape index (κ1) is 15.4. The van der Waals surface area contributed by atoms with Gasteiger partial charge in [-0.25, -0.2) is 0 Å². The standard InChI is InChI=1S/C14H28N2O2/c1-3-14(2,9-11-17)16-13(18)8-7-12-6-4-5-10-15-12/h12,15,17H,3-11H2,1-2H3,(H,16,18). The predicted molar refractivity (Wildman–Crippen MR) is 73.4 cm³/mol. The fourth-order valence-corrected chi connectivity index (χ4v) is 2.45. The van der Waals surface area contributed by atoms with E-state index in [1.807, 2.05) is 13.8 Å². The molecule has 1 fully saturated rings. The summed E-state index contributed by atoms with van der Waals surface area (Å²) >= 11 is 0. The van der Waals surface area contributed by atoms with E-state index in [2.05, 4.69) is 10.6 Å². The minimum absolute atomic E-state index is 0.111. The Bertz CT molecular complexity index is 252. The molecular formula is C14H28N2O2. The zero-order chi connectivity index (χ0) is 13.4. The molecule has 0 aromatic rings. The molecule has 1 rings (SSSR count). The number of aliphatic hydroxyl groups is 1. The first-order valence-electron chi connectivity index (χ1n) is 7.25. The van der Waals surface area contributed by atoms with E-state index in [0.717, 1.165) is 19.4 Å². The quantitative estimate of drug-likeness (QED) is 0.648. The number of piperidine rings is 1. The molecule has 1 aliphatic heterocycles. The van der Waals surface area contributed by atoms with Crippen LogP contribution in [0.5, 0.6) is 0 Å². The topological polar surface area (TPSA) is 61.4 Å². The van der Waals surface area contributed by atoms with Gasteiger partial charge in [0, 0.05) is 24.6 Å². The van der Waals surface area contributed by atoms with E-state index in [0.29, 0.717) is 18.9 Å². The third kappa shape index (κ3) is 5.36. The molecule has 4 heteroatoms. The maximum absolute atomic E-state index is 11.9. The maximum Gasteiger partial charge on any atom is 0.220 e. The van der Waals surface area contributed by atoms with Gasteiger partial charge in [-0.05, 0) is 45.6 Å². The van der Waals surface area contributed by atoms with Crippen molar-refractivity contribution < 1.29 is 9.90 Å². The second-order valence-electron chi connectivity index (χ2n) is 5.62. The number of aliphatic hydroxyl groups excluding tert-OH is 1. The molecule has 3 N–H and O–H groups in total. The Balaban J connectivity index is 2.27. The zero-order valence-electron chi connectivity index (χ0n) is 11.8. The van der Waals surface area contributed by atoms with Crippen molar-refractivity contribution in [1.82, 2.24) is 10.6 Å². The van der Waals surface area contributed by atoms with Crippen LogP contribution in [0, 0.1) is 0 Å². The lowest BCUT2D eigenvalue weighted by atomic mass is 9.94. The van der Waals surface area contributed by atoms with Crippen molar-refractivity contribution >= 4 is 5.91 Å². The zero-order valence-corrected chi connectivity index (χ0v) is 11.8. The lowest BCUT2D eigenvalue weighted by molar-refractivity contribution is -0.123. The lowest BCUT2D eigenvalue weighted by Crippen LogP contribution is -2.46. The summed E-state index contributed by atoms with van der Waals surface area (Å²) in [6.07, 6.45) is 6.69. The fraction of sp³-hybridized carbons (Fsp3) is 0.929. The van der Waals surface area contributed by atoms with E-state index in [1.54, 1.807) is 0 Å². The van der Waals surface area contributed by atoms with E-state index in [1.165, 1.54) is 19.3 Å². The number of amides is 1. The van der Waals surface area contributed by atoms with E-state index in [9.17, 15) is 4.79 Å². The predicted octanol–water partition coefficient (Wildman–Crippen LogP) is 1.58. The molecule has 0 bridgehead atoms. The number of carbonyl (C=O) groups excluding carboxylic acids is 1. The molecule has 0 radical (unpaired) electrons. The summed E-state index contributed by atoms with van der Waals surface area (Å²) in [6.45, 7) is 5.25. The SMILES string of the molecule is CCC(C)(CCO)NC(=O)CCC1CCCCN1. The van der Waals surface area contributed by atoms with Gasteiger partial charge in [0.1, 0.15) is 0 Å². The summed E-state index contributed by atoms with van der Waals surface area (Å²) in [6, 6.07) is 0.509. The number of hydrogen-bond donors (Lipinski definition) is 3. The monoisotopic (exact) mass is 256 g/mol. The fourth-order valence-electron chi connectivity index (χ4n) is 2.45. The molecule has 0 saturated carbocycles. The Hall–Kier alpha value is -0.610. The largest absolute Gasteiger partial charge is 0.396 e. The Kier molecular flexibility index (Phi) is 6.65. The summed E-state index contributed by atoms with van der Waals surface area (Å²) in [7, 11) is 0. The van der Waals surface area contributed by atoms with E-state index < -0.39 is 0 Å². The van der Waals surface area contributed by atoms with Gasteiger partial charge in [-0.1, -0.05) is 13.3 Å². The van der Waals surface area contributed by atoms with Crippen LogP contribution in [-0.4, -0.2) is 35.7 Å². The highest BCUT2D eigenvalue weighted by atomic mass is 16.3. The van der Waals surface area contributed by atoms with Gasteiger partial charge < -0.3 is 15.7 Å². The highest BCUT2D eigenvalue weighted by Crippen LogP contribution is 2.15. The van der Waals surface area contributed by atoms with Gasteiger partial charge in [0.25, 0.3) is 0 Å². The molecule has 2 atom stereocenters. The molecule has 1 saturated heterocycles. The summed E-state index contributed by atoms with van der Waals surface area (Å²) in [5, 5.41) is 15.5. The number of nitrogens with one attached hydrogen (secondary N) is 2. The summed E-state index contributed by atoms with van der Waals surface area (Å²) in [4.78, 5) is 11.9. The van der Waals surface area contributed by atoms with Crippen LogP contribution in [0.1, 0.15) is 58.8 Å². The molecule has 106 valence electrons. The average Bonchev–Trinajstić information content (AvgIpc) is 2.38. The van der Waals surface area contributed by atoms with Crippen LogP contribution in [0.25, 0.3) is 0 Å². The Morgan fingerprint density at radius 3 is 2.83 bits per heavy atom. The molecule has 0 spiro atoms. The van der Waals surface area contributed by atoms with Crippen LogP contribution >= 0.6 is 0 Å². The smallest absolute Gasteiger partial charge is 0.220 e. The summed E-state index contributed by atoms with van der Waals surface area (Å²) in [5.41, 5.74) is -0.258. The molecule has 1 aliphatic rings. The Morgan fingerprint density at radius 2 is 2.28 bits per heavy atom. The van der Waals surface area contributed by atoms with Crippen molar-refractivity contribution in [2.45, 2.75) is 70.4 Å². The molecule has 0 aromatic heterocycles. The molecule has 2 unspecified atom stereocenters. The van der Waals surface area contributed by atoms with Crippen LogP contribution in [0.15, 0.2) is 0 Å². The van der Waals surface area contributed by atoms with Gasteiger partial charge in [-0.3, -0.25) is 4.79 Å². The second kappa shape index (κ2) is 7.74. The highest BCUT2D eigenvalue weighted by Gasteiger charge is 2.24. The minimum atomic E-state index is -0.258. The van der Waals surface area contributed by atoms with Crippen molar-refractivity contribution in [1.29, 1.82) is 0 Å². The lowest BCUT2D eigenvalue weighted by Gasteiger charge is -2.29. The minimum Gasteiger partial charge on any atom is -0.396 e. The third-order valence-corrected chi connectivity index (χ3v) is 4.02. The first-order valence-corrected chi connectivity index (χ1v) is 7.25. The second-order valence-corrected chi connectivity index (χ2v) is 5.62. The maximum atomic E-state index is 11.9. The van der Waals surface area contributed by atoms with Crippen LogP contribution in [0.4, 0.5) is 0 Å². The third-order valence-electron chi connectivity index (χ3n) is 4.02. The molecule has 1 heterocycles. The van der Waals surface area contributed by atoms with E-state index in [-0.39, 0.29) is 18.1 Å². The van der Waals surface area contributed by atoms with Gasteiger partial charge in [0.2, 0.25) is 5.91 Å². The molecular weight excluding hydrogens is 228 g/mol. The van der Waals surface area contributed by atoms with Crippen LogP contribution < -0.4 is 10.6 Å². The van der Waals surface area contributed by atoms with Gasteiger partial charge >= 0.3 is 0 Å². The molecule has 4 nitrogen and oxygen atoms in total. The molecule has 18 heavy (non-hydrogen) atoms. The average molecular weight is 256 g/mol. The van der Waals surface area contributed by atoms with Crippen molar-refractivity contribution in [3.05, 3.63) is 0 Å². The van der Waals surface area contributed by atoms with E-state index in [4.69, 9.17) is 5.11 Å². The van der Waals surface area contributed by atoms with E-state index >= 15 is 0 Å². The van der Waals surface area contributed by atoms with Crippen LogP contribution in [0.3, 0.4) is 0 Å². The Labute approximate surface area is 111 Å². The molecule has 1 amide bonds. The number of rotatable bonds is 7. The van der Waals surface area contributed by atoms with Gasteiger partial charge in [0.05, 0.1) is 0 Å². The van der Waals surface area contributed by atoms with Crippen molar-refractivity contribution in [2.24, 2.45) is 0 Å². The normalized spacial score (nSPS) is 23.4. The summed E-state index contributed by atoms with van der Waals surface area (Å²) in [5.74, 6) is 0.111. The van der Waals surface area contributed by atoms with Gasteiger partial charge in [0.15, 0.2) is 0 Å². The molecule has 0 aromatic carbocycles. The van der Waals surface area contributed by atoms with Crippen molar-refractivity contribution in [2.75, 3.05) is 13.2 Å². The highest BCUT2D eigenvalue weighted by molar-refractivity contribution is 5.76. The van der Waals surface area contributed by atoms with Gasteiger partial charge in [-0.15, -0.1) is 0 Å².